The van der Waals surface area contributed by atoms with E-state index in [1.165, 1.54) is 0 Å². The van der Waals surface area contributed by atoms with Crippen molar-refractivity contribution >= 4 is 34.2 Å². The number of esters is 2. The van der Waals surface area contributed by atoms with Gasteiger partial charge in [0, 0.05) is 0 Å². The first-order valence-electron chi connectivity index (χ1n) is 9.39. The third-order valence-corrected chi connectivity index (χ3v) is 5.12. The van der Waals surface area contributed by atoms with E-state index in [9.17, 15) is 18.8 Å². The number of aldehydes is 1. The Labute approximate surface area is 183 Å². The Bertz CT molecular complexity index is 903. The van der Waals surface area contributed by atoms with Crippen LogP contribution in [0.1, 0.15) is 43.0 Å². The molecule has 0 aromatic heterocycles. The number of carbonyl (C=O) groups excluding carboxylic acids is 3. The summed E-state index contributed by atoms with van der Waals surface area (Å²) in [7, 11) is 0. The van der Waals surface area contributed by atoms with Gasteiger partial charge in [-0.3, -0.25) is 4.79 Å². The van der Waals surface area contributed by atoms with Crippen LogP contribution in [-0.2, 0) is 14.3 Å². The van der Waals surface area contributed by atoms with Crippen molar-refractivity contribution in [1.29, 1.82) is 0 Å². The number of rotatable bonds is 8. The van der Waals surface area contributed by atoms with Crippen molar-refractivity contribution in [3.05, 3.63) is 69.8 Å². The van der Waals surface area contributed by atoms with Crippen molar-refractivity contribution in [3.8, 4) is 0 Å². The van der Waals surface area contributed by atoms with Gasteiger partial charge in [0.25, 0.3) is 0 Å². The third kappa shape index (κ3) is 6.49. The number of halogens is 2. The molecule has 0 heterocycles. The SMILES string of the molecule is Cc1cc(C)cc(C(=O)OC[C@H](Br)[C@@H](OC(=O)c2cc(C)cc(C)c2)[C@H](F)C=O)c1. The van der Waals surface area contributed by atoms with Crippen molar-refractivity contribution < 1.29 is 28.2 Å². The molecule has 7 heteroatoms. The van der Waals surface area contributed by atoms with Gasteiger partial charge in [-0.1, -0.05) is 50.3 Å². The highest BCUT2D eigenvalue weighted by molar-refractivity contribution is 9.09. The summed E-state index contributed by atoms with van der Waals surface area (Å²) in [5, 5.41) is 0. The first kappa shape index (κ1) is 23.7. The number of hydrogen-bond donors (Lipinski definition) is 0. The molecular formula is C23H24BrFO5. The lowest BCUT2D eigenvalue weighted by atomic mass is 10.1. The normalized spacial score (nSPS) is 13.8. The summed E-state index contributed by atoms with van der Waals surface area (Å²) in [6.07, 6.45) is -3.48. The number of hydrogen-bond acceptors (Lipinski definition) is 5. The second-order valence-corrected chi connectivity index (χ2v) is 8.49. The number of alkyl halides is 2. The van der Waals surface area contributed by atoms with Crippen LogP contribution >= 0.6 is 15.9 Å². The molecule has 0 aliphatic heterocycles. The van der Waals surface area contributed by atoms with Crippen molar-refractivity contribution in [2.45, 2.75) is 44.8 Å². The zero-order valence-electron chi connectivity index (χ0n) is 17.3. The minimum atomic E-state index is -2.08. The van der Waals surface area contributed by atoms with Crippen LogP contribution in [0.5, 0.6) is 0 Å². The minimum Gasteiger partial charge on any atom is -0.461 e. The summed E-state index contributed by atoms with van der Waals surface area (Å²) in [5.41, 5.74) is 4.13. The van der Waals surface area contributed by atoms with Gasteiger partial charge in [-0.25, -0.2) is 14.0 Å². The summed E-state index contributed by atoms with van der Waals surface area (Å²) in [6.45, 7) is 7.08. The summed E-state index contributed by atoms with van der Waals surface area (Å²) in [5.74, 6) is -1.35. The summed E-state index contributed by atoms with van der Waals surface area (Å²) in [4.78, 5) is 34.9. The second-order valence-electron chi connectivity index (χ2n) is 7.32. The Hall–Kier alpha value is -2.54. The molecule has 0 amide bonds. The molecule has 0 spiro atoms. The van der Waals surface area contributed by atoms with E-state index in [0.717, 1.165) is 22.3 Å². The lowest BCUT2D eigenvalue weighted by Gasteiger charge is -2.23. The number of ether oxygens (including phenoxy) is 2. The zero-order chi connectivity index (χ0) is 22.4. The minimum absolute atomic E-state index is 0.0550. The van der Waals surface area contributed by atoms with E-state index >= 15 is 0 Å². The predicted molar refractivity (Wildman–Crippen MR) is 115 cm³/mol. The van der Waals surface area contributed by atoms with Gasteiger partial charge in [0.2, 0.25) is 0 Å². The Morgan fingerprint density at radius 2 is 1.33 bits per heavy atom. The Balaban J connectivity index is 2.09. The molecule has 3 atom stereocenters. The molecule has 0 saturated carbocycles. The highest BCUT2D eigenvalue weighted by atomic mass is 79.9. The Morgan fingerprint density at radius 3 is 1.77 bits per heavy atom. The molecule has 0 saturated heterocycles. The molecule has 5 nitrogen and oxygen atoms in total. The molecule has 0 bridgehead atoms. The summed E-state index contributed by atoms with van der Waals surface area (Å²) >= 11 is 3.19. The van der Waals surface area contributed by atoms with Gasteiger partial charge in [-0.2, -0.15) is 0 Å². The van der Waals surface area contributed by atoms with Crippen LogP contribution < -0.4 is 0 Å². The lowest BCUT2D eigenvalue weighted by molar-refractivity contribution is -0.115. The van der Waals surface area contributed by atoms with Crippen molar-refractivity contribution in [2.24, 2.45) is 0 Å². The van der Waals surface area contributed by atoms with E-state index in [1.54, 1.807) is 24.3 Å². The lowest BCUT2D eigenvalue weighted by Crippen LogP contribution is -2.39. The largest absolute Gasteiger partial charge is 0.461 e. The smallest absolute Gasteiger partial charge is 0.338 e. The maximum absolute atomic E-state index is 14.2. The first-order chi connectivity index (χ1) is 14.1. The van der Waals surface area contributed by atoms with Gasteiger partial charge in [0.1, 0.15) is 6.61 Å². The van der Waals surface area contributed by atoms with E-state index in [4.69, 9.17) is 9.47 Å². The van der Waals surface area contributed by atoms with Crippen molar-refractivity contribution in [3.63, 3.8) is 0 Å². The van der Waals surface area contributed by atoms with E-state index in [2.05, 4.69) is 15.9 Å². The second kappa shape index (κ2) is 10.5. The fourth-order valence-corrected chi connectivity index (χ4v) is 3.66. The molecule has 160 valence electrons. The summed E-state index contributed by atoms with van der Waals surface area (Å²) in [6, 6.07) is 10.4. The van der Waals surface area contributed by atoms with E-state index in [-0.39, 0.29) is 18.5 Å². The molecule has 2 rings (SSSR count). The fraction of sp³-hybridized carbons (Fsp3) is 0.348. The maximum Gasteiger partial charge on any atom is 0.338 e. The first-order valence-corrected chi connectivity index (χ1v) is 10.3. The standard InChI is InChI=1S/C23H24BrFO5/c1-13-5-14(2)8-17(7-13)22(27)29-12-19(24)21(20(25)11-26)30-23(28)18-9-15(3)6-16(4)10-18/h5-11,19-21H,12H2,1-4H3/t19-,20+,21+/m0/s1. The molecule has 2 aromatic rings. The quantitative estimate of drug-likeness (QED) is 0.315. The molecule has 0 unspecified atom stereocenters. The molecule has 2 aromatic carbocycles. The highest BCUT2D eigenvalue weighted by Crippen LogP contribution is 2.20. The maximum atomic E-state index is 14.2. The topological polar surface area (TPSA) is 69.7 Å². The fourth-order valence-electron chi connectivity index (χ4n) is 3.13. The Morgan fingerprint density at radius 1 is 0.900 bits per heavy atom. The van der Waals surface area contributed by atoms with Crippen molar-refractivity contribution in [1.82, 2.24) is 0 Å². The van der Waals surface area contributed by atoms with Crippen LogP contribution in [0, 0.1) is 27.7 Å². The third-order valence-electron chi connectivity index (χ3n) is 4.33. The van der Waals surface area contributed by atoms with Crippen molar-refractivity contribution in [2.75, 3.05) is 6.61 Å². The van der Waals surface area contributed by atoms with E-state index in [0.29, 0.717) is 5.56 Å². The van der Waals surface area contributed by atoms with Gasteiger partial charge in [0.15, 0.2) is 18.6 Å². The van der Waals surface area contributed by atoms with Crippen LogP contribution in [0.25, 0.3) is 0 Å². The number of benzene rings is 2. The van der Waals surface area contributed by atoms with Crippen LogP contribution in [0.3, 0.4) is 0 Å². The summed E-state index contributed by atoms with van der Waals surface area (Å²) < 4.78 is 24.7. The monoisotopic (exact) mass is 478 g/mol. The average molecular weight is 479 g/mol. The van der Waals surface area contributed by atoms with Gasteiger partial charge >= 0.3 is 11.9 Å². The molecule has 0 aliphatic carbocycles. The molecule has 0 N–H and O–H groups in total. The highest BCUT2D eigenvalue weighted by Gasteiger charge is 2.33. The number of carbonyl (C=O) groups is 3. The average Bonchev–Trinajstić information content (AvgIpc) is 2.67. The predicted octanol–water partition coefficient (Wildman–Crippen LogP) is 4.60. The molecule has 0 radical (unpaired) electrons. The Kier molecular flexibility index (Phi) is 8.29. The van der Waals surface area contributed by atoms with Gasteiger partial charge in [-0.05, 0) is 52.0 Å². The van der Waals surface area contributed by atoms with Gasteiger partial charge < -0.3 is 9.47 Å². The van der Waals surface area contributed by atoms with Crippen LogP contribution in [-0.4, -0.2) is 41.9 Å². The van der Waals surface area contributed by atoms with Crippen LogP contribution in [0.4, 0.5) is 4.39 Å². The van der Waals surface area contributed by atoms with Gasteiger partial charge in [0.05, 0.1) is 16.0 Å². The molecular weight excluding hydrogens is 455 g/mol. The van der Waals surface area contributed by atoms with Gasteiger partial charge in [-0.15, -0.1) is 0 Å². The number of aryl methyl sites for hydroxylation is 4. The van der Waals surface area contributed by atoms with Crippen LogP contribution in [0.2, 0.25) is 0 Å². The molecule has 0 fully saturated rings. The molecule has 30 heavy (non-hydrogen) atoms. The molecule has 0 aliphatic rings. The van der Waals surface area contributed by atoms with E-state index < -0.39 is 29.0 Å². The van der Waals surface area contributed by atoms with Crippen LogP contribution in [0.15, 0.2) is 36.4 Å². The van der Waals surface area contributed by atoms with E-state index in [1.807, 2.05) is 39.8 Å². The zero-order valence-corrected chi connectivity index (χ0v) is 18.9.